The number of rotatable bonds is 4. The van der Waals surface area contributed by atoms with Gasteiger partial charge in [-0.2, -0.15) is 0 Å². The van der Waals surface area contributed by atoms with Crippen LogP contribution in [0.15, 0.2) is 29.6 Å². The summed E-state index contributed by atoms with van der Waals surface area (Å²) in [5, 5.41) is 5.52. The number of amides is 1. The van der Waals surface area contributed by atoms with E-state index in [0.29, 0.717) is 5.88 Å². The van der Waals surface area contributed by atoms with Crippen molar-refractivity contribution in [3.8, 4) is 0 Å². The van der Waals surface area contributed by atoms with Crippen molar-refractivity contribution in [3.63, 3.8) is 0 Å². The molecule has 1 heterocycles. The fourth-order valence-electron chi connectivity index (χ4n) is 1.56. The van der Waals surface area contributed by atoms with Crippen LogP contribution in [0.4, 0.5) is 5.69 Å². The summed E-state index contributed by atoms with van der Waals surface area (Å²) in [7, 11) is 0. The molecule has 0 saturated carbocycles. The van der Waals surface area contributed by atoms with Gasteiger partial charge in [0.1, 0.15) is 5.01 Å². The van der Waals surface area contributed by atoms with Crippen molar-refractivity contribution in [2.75, 3.05) is 5.32 Å². The fourth-order valence-corrected chi connectivity index (χ4v) is 2.58. The van der Waals surface area contributed by atoms with Crippen molar-refractivity contribution in [2.45, 2.75) is 19.2 Å². The molecule has 0 atom stereocenters. The Balaban J connectivity index is 1.96. The molecule has 0 unspecified atom stereocenters. The number of carbonyl (C=O) groups excluding carboxylic acids is 1. The van der Waals surface area contributed by atoms with E-state index in [1.807, 2.05) is 36.6 Å². The van der Waals surface area contributed by atoms with E-state index < -0.39 is 0 Å². The molecule has 1 aromatic heterocycles. The third kappa shape index (κ3) is 3.55. The zero-order chi connectivity index (χ0) is 13.0. The Hall–Kier alpha value is -1.39. The van der Waals surface area contributed by atoms with Crippen LogP contribution in [0.5, 0.6) is 0 Å². The number of carbonyl (C=O) groups is 1. The number of nitrogens with zero attached hydrogens (tertiary/aromatic N) is 1. The number of benzene rings is 1. The average Bonchev–Trinajstić information content (AvgIpc) is 2.76. The Kier molecular flexibility index (Phi) is 4.33. The van der Waals surface area contributed by atoms with Gasteiger partial charge in [0.25, 0.3) is 0 Å². The van der Waals surface area contributed by atoms with Gasteiger partial charge in [-0.05, 0) is 24.6 Å². The molecule has 1 aromatic carbocycles. The van der Waals surface area contributed by atoms with Gasteiger partial charge in [0, 0.05) is 11.1 Å². The van der Waals surface area contributed by atoms with Gasteiger partial charge in [0.2, 0.25) is 5.91 Å². The lowest BCUT2D eigenvalue weighted by Crippen LogP contribution is -2.14. The molecule has 0 radical (unpaired) electrons. The second-order valence-electron chi connectivity index (χ2n) is 3.96. The van der Waals surface area contributed by atoms with Crippen LogP contribution in [-0.4, -0.2) is 10.9 Å². The molecule has 0 aliphatic heterocycles. The van der Waals surface area contributed by atoms with E-state index in [1.54, 1.807) is 0 Å². The number of aromatic nitrogens is 1. The fraction of sp³-hybridized carbons (Fsp3) is 0.231. The maximum atomic E-state index is 11.8. The smallest absolute Gasteiger partial charge is 0.231 e. The zero-order valence-electron chi connectivity index (χ0n) is 9.94. The summed E-state index contributed by atoms with van der Waals surface area (Å²) in [4.78, 5) is 16.1. The minimum Gasteiger partial charge on any atom is -0.326 e. The molecule has 0 fully saturated rings. The first-order valence-corrected chi connectivity index (χ1v) is 6.94. The van der Waals surface area contributed by atoms with Crippen molar-refractivity contribution in [2.24, 2.45) is 0 Å². The standard InChI is InChI=1S/C13H13ClN2OS/c1-9-3-2-4-10(5-9)15-12(17)6-13-16-11(7-14)8-18-13/h2-5,8H,6-7H2,1H3,(H,15,17). The molecular weight excluding hydrogens is 268 g/mol. The molecule has 0 aliphatic rings. The topological polar surface area (TPSA) is 42.0 Å². The average molecular weight is 281 g/mol. The Bertz CT molecular complexity index is 553. The minimum atomic E-state index is -0.0592. The molecule has 0 aliphatic carbocycles. The predicted molar refractivity (Wildman–Crippen MR) is 75.2 cm³/mol. The largest absolute Gasteiger partial charge is 0.326 e. The highest BCUT2D eigenvalue weighted by molar-refractivity contribution is 7.09. The molecule has 1 amide bonds. The third-order valence-corrected chi connectivity index (χ3v) is 3.52. The summed E-state index contributed by atoms with van der Waals surface area (Å²) in [6, 6.07) is 7.71. The van der Waals surface area contributed by atoms with Crippen LogP contribution in [0.1, 0.15) is 16.3 Å². The Morgan fingerprint density at radius 2 is 2.33 bits per heavy atom. The van der Waals surface area contributed by atoms with Crippen molar-refractivity contribution >= 4 is 34.5 Å². The van der Waals surface area contributed by atoms with Crippen LogP contribution in [0.2, 0.25) is 0 Å². The third-order valence-electron chi connectivity index (χ3n) is 2.35. The molecule has 2 aromatic rings. The Morgan fingerprint density at radius 1 is 1.50 bits per heavy atom. The number of thiazole rings is 1. The summed E-state index contributed by atoms with van der Waals surface area (Å²) >= 11 is 7.13. The molecule has 18 heavy (non-hydrogen) atoms. The summed E-state index contributed by atoms with van der Waals surface area (Å²) in [5.41, 5.74) is 2.75. The zero-order valence-corrected chi connectivity index (χ0v) is 11.5. The van der Waals surface area contributed by atoms with Crippen molar-refractivity contribution < 1.29 is 4.79 Å². The van der Waals surface area contributed by atoms with Gasteiger partial charge in [-0.15, -0.1) is 22.9 Å². The van der Waals surface area contributed by atoms with Gasteiger partial charge < -0.3 is 5.32 Å². The van der Waals surface area contributed by atoms with Crippen LogP contribution in [0, 0.1) is 6.92 Å². The highest BCUT2D eigenvalue weighted by Gasteiger charge is 2.08. The number of halogens is 1. The second kappa shape index (κ2) is 5.98. The van der Waals surface area contributed by atoms with Crippen molar-refractivity contribution in [3.05, 3.63) is 45.9 Å². The van der Waals surface area contributed by atoms with Crippen molar-refractivity contribution in [1.82, 2.24) is 4.98 Å². The van der Waals surface area contributed by atoms with Gasteiger partial charge in [-0.25, -0.2) is 4.98 Å². The van der Waals surface area contributed by atoms with Gasteiger partial charge in [0.05, 0.1) is 18.0 Å². The SMILES string of the molecule is Cc1cccc(NC(=O)Cc2nc(CCl)cs2)c1. The number of hydrogen-bond acceptors (Lipinski definition) is 3. The number of anilines is 1. The number of alkyl halides is 1. The number of hydrogen-bond donors (Lipinski definition) is 1. The molecule has 0 bridgehead atoms. The summed E-state index contributed by atoms with van der Waals surface area (Å²) in [5.74, 6) is 0.326. The van der Waals surface area contributed by atoms with E-state index in [1.165, 1.54) is 11.3 Å². The molecule has 2 rings (SSSR count). The maximum absolute atomic E-state index is 11.8. The van der Waals surface area contributed by atoms with Crippen LogP contribution >= 0.6 is 22.9 Å². The lowest BCUT2D eigenvalue weighted by atomic mass is 10.2. The molecule has 1 N–H and O–H groups in total. The Labute approximate surface area is 115 Å². The van der Waals surface area contributed by atoms with Crippen molar-refractivity contribution in [1.29, 1.82) is 0 Å². The van der Waals surface area contributed by atoms with E-state index in [4.69, 9.17) is 11.6 Å². The van der Waals surface area contributed by atoms with Crippen LogP contribution in [-0.2, 0) is 17.1 Å². The van der Waals surface area contributed by atoms with Gasteiger partial charge >= 0.3 is 0 Å². The molecule has 0 spiro atoms. The van der Waals surface area contributed by atoms with Crippen LogP contribution in [0.3, 0.4) is 0 Å². The predicted octanol–water partition coefficient (Wildman–Crippen LogP) is 3.37. The van der Waals surface area contributed by atoms with E-state index in [0.717, 1.165) is 22.0 Å². The normalized spacial score (nSPS) is 10.3. The highest BCUT2D eigenvalue weighted by Crippen LogP contribution is 2.14. The van der Waals surface area contributed by atoms with Gasteiger partial charge in [0.15, 0.2) is 0 Å². The second-order valence-corrected chi connectivity index (χ2v) is 5.17. The summed E-state index contributed by atoms with van der Waals surface area (Å²) in [6.45, 7) is 1.99. The molecule has 94 valence electrons. The van der Waals surface area contributed by atoms with E-state index >= 15 is 0 Å². The number of aryl methyl sites for hydroxylation is 1. The first kappa shape index (κ1) is 13.1. The molecular formula is C13H13ClN2OS. The summed E-state index contributed by atoms with van der Waals surface area (Å²) < 4.78 is 0. The lowest BCUT2D eigenvalue weighted by Gasteiger charge is -2.04. The Morgan fingerprint density at radius 3 is 3.00 bits per heavy atom. The highest BCUT2D eigenvalue weighted by atomic mass is 35.5. The molecule has 0 saturated heterocycles. The number of nitrogens with one attached hydrogen (secondary N) is 1. The quantitative estimate of drug-likeness (QED) is 0.873. The van der Waals surface area contributed by atoms with Crippen LogP contribution in [0.25, 0.3) is 0 Å². The van der Waals surface area contributed by atoms with Gasteiger partial charge in [-0.1, -0.05) is 12.1 Å². The first-order chi connectivity index (χ1) is 8.67. The first-order valence-electron chi connectivity index (χ1n) is 5.53. The van der Waals surface area contributed by atoms with Gasteiger partial charge in [-0.3, -0.25) is 4.79 Å². The van der Waals surface area contributed by atoms with E-state index in [9.17, 15) is 4.79 Å². The minimum absolute atomic E-state index is 0.0592. The summed E-state index contributed by atoms with van der Waals surface area (Å²) in [6.07, 6.45) is 0.287. The molecule has 3 nitrogen and oxygen atoms in total. The lowest BCUT2D eigenvalue weighted by molar-refractivity contribution is -0.115. The molecule has 5 heteroatoms. The maximum Gasteiger partial charge on any atom is 0.231 e. The van der Waals surface area contributed by atoms with Crippen LogP contribution < -0.4 is 5.32 Å². The monoisotopic (exact) mass is 280 g/mol. The van der Waals surface area contributed by atoms with E-state index in [-0.39, 0.29) is 12.3 Å². The van der Waals surface area contributed by atoms with E-state index in [2.05, 4.69) is 10.3 Å².